The molecule has 0 unspecified atom stereocenters. The van der Waals surface area contributed by atoms with Gasteiger partial charge in [-0.15, -0.1) is 10.2 Å². The number of halogens is 2. The molecule has 3 aromatic rings. The van der Waals surface area contributed by atoms with E-state index in [2.05, 4.69) is 20.7 Å². The number of amides is 2. The number of nitrogens with zero attached hydrogens (tertiary/aromatic N) is 5. The van der Waals surface area contributed by atoms with Crippen LogP contribution in [0, 0.1) is 0 Å². The van der Waals surface area contributed by atoms with E-state index in [9.17, 15) is 9.59 Å². The largest absolute Gasteiger partial charge is 0.333 e. The number of hydrogen-bond acceptors (Lipinski definition) is 5. The quantitative estimate of drug-likeness (QED) is 0.472. The highest BCUT2D eigenvalue weighted by Crippen LogP contribution is 2.25. The summed E-state index contributed by atoms with van der Waals surface area (Å²) >= 11 is 12.1. The first-order valence-corrected chi connectivity index (χ1v) is 11.1. The Bertz CT molecular complexity index is 1060. The van der Waals surface area contributed by atoms with Crippen molar-refractivity contribution in [2.24, 2.45) is 0 Å². The number of hydrogen-bond donors (Lipinski definition) is 1. The van der Waals surface area contributed by atoms with Crippen LogP contribution in [0.1, 0.15) is 26.2 Å². The number of aromatic nitrogens is 4. The molecule has 10 heteroatoms. The van der Waals surface area contributed by atoms with Gasteiger partial charge in [0.2, 0.25) is 17.6 Å². The minimum Gasteiger partial charge on any atom is -0.333 e. The zero-order valence-corrected chi connectivity index (χ0v) is 19.2. The van der Waals surface area contributed by atoms with Gasteiger partial charge in [0.15, 0.2) is 0 Å². The molecule has 8 nitrogen and oxygen atoms in total. The van der Waals surface area contributed by atoms with Gasteiger partial charge >= 0.3 is 0 Å². The molecule has 1 N–H and O–H groups in total. The standard InChI is InChI=1S/C22H24Cl2N6O2/c1-2-12-29(15-20(31)25-19-14-17(23)10-11-18(19)24)21(32)9-6-13-30-27-22(26-28-30)16-7-4-3-5-8-16/h3-5,7-8,10-11,14H,2,6,9,12-13,15H2,1H3,(H,25,31). The minimum absolute atomic E-state index is 0.0603. The van der Waals surface area contributed by atoms with Gasteiger partial charge in [0.1, 0.15) is 0 Å². The monoisotopic (exact) mass is 474 g/mol. The van der Waals surface area contributed by atoms with E-state index in [0.717, 1.165) is 12.0 Å². The second kappa shape index (κ2) is 11.6. The number of aryl methyl sites for hydroxylation is 1. The fraction of sp³-hybridized carbons (Fsp3) is 0.318. The molecule has 1 aromatic heterocycles. The van der Waals surface area contributed by atoms with Gasteiger partial charge in [-0.3, -0.25) is 9.59 Å². The van der Waals surface area contributed by atoms with E-state index < -0.39 is 0 Å². The maximum absolute atomic E-state index is 12.7. The van der Waals surface area contributed by atoms with E-state index in [1.807, 2.05) is 37.3 Å². The molecule has 168 valence electrons. The second-order valence-corrected chi connectivity index (χ2v) is 8.01. The van der Waals surface area contributed by atoms with Crippen molar-refractivity contribution in [3.63, 3.8) is 0 Å². The van der Waals surface area contributed by atoms with Crippen LogP contribution in [0.2, 0.25) is 10.0 Å². The maximum atomic E-state index is 12.7. The summed E-state index contributed by atoms with van der Waals surface area (Å²) in [6, 6.07) is 14.4. The zero-order valence-electron chi connectivity index (χ0n) is 17.7. The Labute approximate surface area is 196 Å². The number of tetrazole rings is 1. The molecular formula is C22H24Cl2N6O2. The van der Waals surface area contributed by atoms with Gasteiger partial charge in [0.25, 0.3) is 0 Å². The Morgan fingerprint density at radius 2 is 1.91 bits per heavy atom. The lowest BCUT2D eigenvalue weighted by atomic mass is 10.2. The van der Waals surface area contributed by atoms with Gasteiger partial charge in [-0.1, -0.05) is 60.5 Å². The van der Waals surface area contributed by atoms with Crippen LogP contribution >= 0.6 is 23.2 Å². The lowest BCUT2D eigenvalue weighted by molar-refractivity contribution is -0.134. The van der Waals surface area contributed by atoms with Crippen LogP contribution in [0.15, 0.2) is 48.5 Å². The maximum Gasteiger partial charge on any atom is 0.244 e. The van der Waals surface area contributed by atoms with Gasteiger partial charge in [0.05, 0.1) is 23.8 Å². The zero-order chi connectivity index (χ0) is 22.9. The number of carbonyl (C=O) groups is 2. The molecule has 0 saturated carbocycles. The first-order valence-electron chi connectivity index (χ1n) is 10.3. The molecular weight excluding hydrogens is 451 g/mol. The molecule has 0 radical (unpaired) electrons. The average molecular weight is 475 g/mol. The van der Waals surface area contributed by atoms with Crippen LogP contribution in [-0.4, -0.2) is 50.0 Å². The van der Waals surface area contributed by atoms with Crippen molar-refractivity contribution >= 4 is 40.7 Å². The van der Waals surface area contributed by atoms with Crippen LogP contribution in [0.5, 0.6) is 0 Å². The fourth-order valence-electron chi connectivity index (χ4n) is 3.09. The predicted molar refractivity (Wildman–Crippen MR) is 124 cm³/mol. The summed E-state index contributed by atoms with van der Waals surface area (Å²) in [6.45, 7) is 2.83. The first-order chi connectivity index (χ1) is 15.5. The highest BCUT2D eigenvalue weighted by Gasteiger charge is 2.17. The van der Waals surface area contributed by atoms with Crippen LogP contribution in [0.3, 0.4) is 0 Å². The van der Waals surface area contributed by atoms with E-state index in [4.69, 9.17) is 23.2 Å². The predicted octanol–water partition coefficient (Wildman–Crippen LogP) is 4.30. The number of nitrogens with one attached hydrogen (secondary N) is 1. The Balaban J connectivity index is 1.51. The van der Waals surface area contributed by atoms with E-state index in [1.165, 1.54) is 9.70 Å². The average Bonchev–Trinajstić information content (AvgIpc) is 3.25. The third-order valence-corrected chi connectivity index (χ3v) is 5.18. The van der Waals surface area contributed by atoms with Crippen LogP contribution in [0.4, 0.5) is 5.69 Å². The number of rotatable bonds is 10. The summed E-state index contributed by atoms with van der Waals surface area (Å²) in [5, 5.41) is 16.0. The number of carbonyl (C=O) groups excluding carboxylic acids is 2. The molecule has 1 heterocycles. The van der Waals surface area contributed by atoms with Gasteiger partial charge in [0, 0.05) is 23.6 Å². The van der Waals surface area contributed by atoms with Crippen molar-refractivity contribution in [1.29, 1.82) is 0 Å². The Morgan fingerprint density at radius 1 is 1.12 bits per heavy atom. The first kappa shape index (κ1) is 23.7. The van der Waals surface area contributed by atoms with Crippen molar-refractivity contribution in [3.05, 3.63) is 58.6 Å². The Hall–Kier alpha value is -2.97. The molecule has 0 aliphatic carbocycles. The third kappa shape index (κ3) is 6.77. The molecule has 32 heavy (non-hydrogen) atoms. The van der Waals surface area contributed by atoms with E-state index in [0.29, 0.717) is 41.1 Å². The molecule has 0 aliphatic heterocycles. The van der Waals surface area contributed by atoms with Crippen LogP contribution in [-0.2, 0) is 16.1 Å². The third-order valence-electron chi connectivity index (χ3n) is 4.62. The molecule has 2 amide bonds. The number of benzene rings is 2. The molecule has 0 fully saturated rings. The SMILES string of the molecule is CCCN(CC(=O)Nc1cc(Cl)ccc1Cl)C(=O)CCCn1nnc(-c2ccccc2)n1. The second-order valence-electron chi connectivity index (χ2n) is 7.17. The molecule has 2 aromatic carbocycles. The summed E-state index contributed by atoms with van der Waals surface area (Å²) in [7, 11) is 0. The Kier molecular flexibility index (Phi) is 8.58. The van der Waals surface area contributed by atoms with Crippen molar-refractivity contribution in [2.75, 3.05) is 18.4 Å². The molecule has 0 saturated heterocycles. The topological polar surface area (TPSA) is 93.0 Å². The van der Waals surface area contributed by atoms with Crippen molar-refractivity contribution < 1.29 is 9.59 Å². The normalized spacial score (nSPS) is 10.7. The highest BCUT2D eigenvalue weighted by molar-refractivity contribution is 6.35. The molecule has 0 aliphatic rings. The molecule has 0 bridgehead atoms. The van der Waals surface area contributed by atoms with Crippen LogP contribution < -0.4 is 5.32 Å². The van der Waals surface area contributed by atoms with E-state index >= 15 is 0 Å². The lowest BCUT2D eigenvalue weighted by Gasteiger charge is -2.22. The molecule has 0 spiro atoms. The van der Waals surface area contributed by atoms with Gasteiger partial charge in [-0.2, -0.15) is 4.80 Å². The Morgan fingerprint density at radius 3 is 2.66 bits per heavy atom. The highest BCUT2D eigenvalue weighted by atomic mass is 35.5. The minimum atomic E-state index is -0.332. The van der Waals surface area contributed by atoms with Gasteiger partial charge < -0.3 is 10.2 Å². The van der Waals surface area contributed by atoms with Crippen molar-refractivity contribution in [2.45, 2.75) is 32.7 Å². The summed E-state index contributed by atoms with van der Waals surface area (Å²) in [4.78, 5) is 28.2. The van der Waals surface area contributed by atoms with E-state index in [-0.39, 0.29) is 24.8 Å². The number of anilines is 1. The summed E-state index contributed by atoms with van der Waals surface area (Å²) in [5.41, 5.74) is 1.30. The van der Waals surface area contributed by atoms with Gasteiger partial charge in [-0.05, 0) is 36.3 Å². The molecule has 3 rings (SSSR count). The summed E-state index contributed by atoms with van der Waals surface area (Å²) < 4.78 is 0. The van der Waals surface area contributed by atoms with Crippen molar-refractivity contribution in [3.8, 4) is 11.4 Å². The van der Waals surface area contributed by atoms with E-state index in [1.54, 1.807) is 18.2 Å². The summed E-state index contributed by atoms with van der Waals surface area (Å²) in [6.07, 6.45) is 1.54. The summed E-state index contributed by atoms with van der Waals surface area (Å²) in [5.74, 6) is 0.102. The smallest absolute Gasteiger partial charge is 0.244 e. The molecule has 0 atom stereocenters. The fourth-order valence-corrected chi connectivity index (χ4v) is 3.43. The van der Waals surface area contributed by atoms with Crippen LogP contribution in [0.25, 0.3) is 11.4 Å². The van der Waals surface area contributed by atoms with Crippen molar-refractivity contribution in [1.82, 2.24) is 25.1 Å². The lowest BCUT2D eigenvalue weighted by Crippen LogP contribution is -2.38. The van der Waals surface area contributed by atoms with Gasteiger partial charge in [-0.25, -0.2) is 0 Å².